The maximum atomic E-state index is 15.4. The number of nitrogens with one attached hydrogen (secondary N) is 3. The summed E-state index contributed by atoms with van der Waals surface area (Å²) in [6, 6.07) is -11.4. The molecule has 14 atom stereocenters. The van der Waals surface area contributed by atoms with Crippen LogP contribution in [0.2, 0.25) is 0 Å². The molecular weight excluding hydrogens is 1360 g/mol. The summed E-state index contributed by atoms with van der Waals surface area (Å²) >= 11 is 0. The molecule has 23 nitrogen and oxygen atoms in total. The third kappa shape index (κ3) is 20.4. The Morgan fingerprint density at radius 1 is 0.602 bits per heavy atom. The molecule has 6 rings (SSSR count). The van der Waals surface area contributed by atoms with Crippen LogP contribution in [0.3, 0.4) is 0 Å². The Balaban J connectivity index is 1.45. The van der Waals surface area contributed by atoms with Crippen molar-refractivity contribution in [1.82, 2.24) is 55.1 Å². The van der Waals surface area contributed by atoms with Gasteiger partial charge in [-0.3, -0.25) is 52.7 Å². The van der Waals surface area contributed by atoms with Crippen molar-refractivity contribution < 1.29 is 92.6 Å². The minimum atomic E-state index is -5.20. The Morgan fingerprint density at radius 2 is 1.20 bits per heavy atom. The van der Waals surface area contributed by atoms with E-state index < -0.39 is 217 Å². The molecule has 3 saturated carbocycles. The van der Waals surface area contributed by atoms with Gasteiger partial charge in [-0.2, -0.15) is 26.3 Å². The summed E-state index contributed by atoms with van der Waals surface area (Å²) in [5.41, 5.74) is -1.65. The van der Waals surface area contributed by atoms with Crippen molar-refractivity contribution in [2.45, 2.75) is 282 Å². The third-order valence-corrected chi connectivity index (χ3v) is 23.3. The van der Waals surface area contributed by atoms with Crippen molar-refractivity contribution >= 4 is 65.0 Å². The van der Waals surface area contributed by atoms with Crippen molar-refractivity contribution in [3.8, 4) is 0 Å². The molecule has 0 aromatic heterocycles. The molecule has 6 aliphatic rings. The molecule has 3 aliphatic heterocycles. The van der Waals surface area contributed by atoms with Crippen LogP contribution in [0.15, 0.2) is 0 Å². The van der Waals surface area contributed by atoms with Crippen molar-refractivity contribution in [3.05, 3.63) is 0 Å². The molecule has 0 radical (unpaired) electrons. The zero-order valence-electron chi connectivity index (χ0n) is 62.9. The molecule has 3 saturated heterocycles. The Kier molecular flexibility index (Phi) is 30.1. The standard InChI is InChI=1S/C72H115F8N11O12/c1-16-41(7)59-67(100)86(13)44(10)63(96)90-31-28-52(90)66(99)89(18-3)55(36-45-22-25-47(26-23-45)71(75,76)77)65(98)84(11)39-56(92)81-51(27-24-46-34-49(73)58(50(74)35-46)72(78,79)80)64(97)91-38-48(103-19-4)37-54(91)62(95)83-70(29-20-21-30-70)69(102)88(15)60(42(8)17-2)68(101)85(12)43(9)33-57(93)87(14)53(32-40(5)6)61(94)82-59/h40-55,58-60H,16-39H2,1-15H3,(H,81,92)(H,82,94)(H,83,95)/t41-,42-,43+,44-,45?,46?,47?,48+,49?,50?,51-,52-,53-,54-,55-,58?,59-,60-/m0/s1. The molecule has 6 fully saturated rings. The minimum Gasteiger partial charge on any atom is -0.377 e. The molecule has 586 valence electrons. The predicted octanol–water partition coefficient (Wildman–Crippen LogP) is 7.36. The van der Waals surface area contributed by atoms with E-state index in [1.807, 2.05) is 27.7 Å². The highest BCUT2D eigenvalue weighted by molar-refractivity contribution is 6.00. The molecule has 31 heteroatoms. The Bertz CT molecular complexity index is 2980. The van der Waals surface area contributed by atoms with Gasteiger partial charge in [0.05, 0.1) is 18.6 Å². The molecule has 1 spiro atoms. The largest absolute Gasteiger partial charge is 0.397 e. The number of halogens is 8. The number of carbonyl (C=O) groups is 11. The number of likely N-dealkylation sites (N-methyl/N-ethyl adjacent to an activating group) is 6. The number of amides is 11. The lowest BCUT2D eigenvalue weighted by Crippen LogP contribution is -2.65. The van der Waals surface area contributed by atoms with E-state index in [2.05, 4.69) is 16.0 Å². The smallest absolute Gasteiger partial charge is 0.377 e. The van der Waals surface area contributed by atoms with Crippen LogP contribution in [0.25, 0.3) is 0 Å². The molecular formula is C72H115F8N11O12. The maximum Gasteiger partial charge on any atom is 0.397 e. The van der Waals surface area contributed by atoms with Crippen molar-refractivity contribution in [1.29, 1.82) is 0 Å². The second-order valence-electron chi connectivity index (χ2n) is 30.8. The lowest BCUT2D eigenvalue weighted by molar-refractivity contribution is -0.219. The molecule has 11 amide bonds. The first-order chi connectivity index (χ1) is 48.1. The first-order valence-corrected chi connectivity index (χ1v) is 37.3. The third-order valence-electron chi connectivity index (χ3n) is 23.3. The minimum absolute atomic E-state index is 0.0138. The molecule has 3 heterocycles. The van der Waals surface area contributed by atoms with Crippen LogP contribution in [0.1, 0.15) is 191 Å². The van der Waals surface area contributed by atoms with Gasteiger partial charge < -0.3 is 59.9 Å². The summed E-state index contributed by atoms with van der Waals surface area (Å²) in [5.74, 6) is -15.3. The first-order valence-electron chi connectivity index (χ1n) is 37.3. The van der Waals surface area contributed by atoms with Crippen LogP contribution in [0.4, 0.5) is 35.1 Å². The van der Waals surface area contributed by atoms with E-state index in [4.69, 9.17) is 4.74 Å². The fraction of sp³-hybridized carbons (Fsp3) is 0.847. The molecule has 103 heavy (non-hydrogen) atoms. The highest BCUT2D eigenvalue weighted by atomic mass is 19.4. The maximum absolute atomic E-state index is 15.4. The number of hydrogen-bond donors (Lipinski definition) is 3. The lowest BCUT2D eigenvalue weighted by atomic mass is 9.76. The van der Waals surface area contributed by atoms with Gasteiger partial charge in [-0.1, -0.05) is 67.2 Å². The number of ether oxygens (including phenoxy) is 1. The fourth-order valence-electron chi connectivity index (χ4n) is 16.2. The van der Waals surface area contributed by atoms with Gasteiger partial charge in [0, 0.05) is 80.4 Å². The van der Waals surface area contributed by atoms with Gasteiger partial charge in [-0.15, -0.1) is 0 Å². The number of rotatable bonds is 14. The van der Waals surface area contributed by atoms with E-state index in [-0.39, 0.29) is 109 Å². The van der Waals surface area contributed by atoms with Gasteiger partial charge in [0.2, 0.25) is 65.0 Å². The number of carbonyl (C=O) groups excluding carboxylic acids is 11. The zero-order valence-corrected chi connectivity index (χ0v) is 62.9. The van der Waals surface area contributed by atoms with Crippen LogP contribution in [-0.4, -0.2) is 263 Å². The zero-order chi connectivity index (χ0) is 77.2. The van der Waals surface area contributed by atoms with Crippen molar-refractivity contribution in [3.63, 3.8) is 0 Å². The predicted molar refractivity (Wildman–Crippen MR) is 366 cm³/mol. The monoisotopic (exact) mass is 1480 g/mol. The molecule has 3 N–H and O–H groups in total. The molecule has 2 unspecified atom stereocenters. The van der Waals surface area contributed by atoms with E-state index in [0.717, 1.165) is 14.7 Å². The van der Waals surface area contributed by atoms with Gasteiger partial charge in [0.15, 0.2) is 0 Å². The fourth-order valence-corrected chi connectivity index (χ4v) is 16.2. The van der Waals surface area contributed by atoms with E-state index >= 15 is 37.5 Å². The van der Waals surface area contributed by atoms with Crippen LogP contribution < -0.4 is 16.0 Å². The van der Waals surface area contributed by atoms with Crippen molar-refractivity contribution in [2.24, 2.45) is 41.4 Å². The number of nitrogens with zero attached hydrogens (tertiary/aromatic N) is 8. The van der Waals surface area contributed by atoms with E-state index in [1.54, 1.807) is 34.6 Å². The van der Waals surface area contributed by atoms with Crippen molar-refractivity contribution in [2.75, 3.05) is 68.0 Å². The van der Waals surface area contributed by atoms with E-state index in [1.165, 1.54) is 66.7 Å². The quantitative estimate of drug-likeness (QED) is 0.144. The summed E-state index contributed by atoms with van der Waals surface area (Å²) in [7, 11) is 7.00. The topological polar surface area (TPSA) is 259 Å². The SMILES string of the molecule is CCO[C@@H]1C[C@H]2C(=O)NC3(CCCC3)C(=O)N(C)[C@@H]([C@@H](C)CC)C(=O)N(C)[C@H](C)CC(=O)N(C)[C@@H](CC(C)C)C(=O)N[C@@H]([C@@H](C)CC)C(=O)N(C)[C@@H](C)C(=O)N3CC[C@H]3C(=O)N(CC)[C@@H](CC3CCC(C(F)(F)F)CC3)C(=O)N(C)CC(=O)N[C@@H](CCC3CC(F)C(C(F)(F)F)C(F)C3)C(=O)N2C1. The van der Waals surface area contributed by atoms with Gasteiger partial charge in [0.1, 0.15) is 72.1 Å². The number of fused-ring (bicyclic) bond motifs is 2. The normalized spacial score (nSPS) is 32.7. The summed E-state index contributed by atoms with van der Waals surface area (Å²) in [6.07, 6.45) is -17.0. The summed E-state index contributed by atoms with van der Waals surface area (Å²) < 4.78 is 121. The summed E-state index contributed by atoms with van der Waals surface area (Å²) in [6.45, 7) is 16.1. The lowest BCUT2D eigenvalue weighted by Gasteiger charge is -2.46. The Morgan fingerprint density at radius 3 is 1.73 bits per heavy atom. The van der Waals surface area contributed by atoms with Gasteiger partial charge >= 0.3 is 12.4 Å². The highest BCUT2D eigenvalue weighted by Crippen LogP contribution is 2.45. The van der Waals surface area contributed by atoms with E-state index in [0.29, 0.717) is 25.7 Å². The van der Waals surface area contributed by atoms with Gasteiger partial charge in [-0.25, -0.2) is 8.78 Å². The molecule has 0 bridgehead atoms. The molecule has 0 aromatic carbocycles. The average Bonchev–Trinajstić information content (AvgIpc) is 1.53. The first kappa shape index (κ1) is 85.5. The van der Waals surface area contributed by atoms with Crippen LogP contribution in [-0.2, 0) is 57.5 Å². The van der Waals surface area contributed by atoms with Gasteiger partial charge in [0.25, 0.3) is 0 Å². The molecule has 0 aromatic rings. The van der Waals surface area contributed by atoms with Crippen LogP contribution >= 0.6 is 0 Å². The molecule has 3 aliphatic carbocycles. The summed E-state index contributed by atoms with van der Waals surface area (Å²) in [5, 5.41) is 8.50. The number of alkyl halides is 8. The average molecular weight is 1480 g/mol. The number of hydrogen-bond acceptors (Lipinski definition) is 12. The van der Waals surface area contributed by atoms with E-state index in [9.17, 15) is 50.3 Å². The van der Waals surface area contributed by atoms with Gasteiger partial charge in [-0.05, 0) is 141 Å². The Labute approximate surface area is 602 Å². The van der Waals surface area contributed by atoms with Crippen LogP contribution in [0, 0.1) is 41.4 Å². The summed E-state index contributed by atoms with van der Waals surface area (Å²) in [4.78, 5) is 175. The second kappa shape index (κ2) is 36.2. The second-order valence-corrected chi connectivity index (χ2v) is 30.8. The Hall–Kier alpha value is -6.43. The van der Waals surface area contributed by atoms with Crippen LogP contribution in [0.5, 0.6) is 0 Å². The highest BCUT2D eigenvalue weighted by Gasteiger charge is 2.56.